The molecule has 28 heavy (non-hydrogen) atoms. The number of benzene rings is 2. The van der Waals surface area contributed by atoms with Gasteiger partial charge in [0.25, 0.3) is 5.91 Å². The summed E-state index contributed by atoms with van der Waals surface area (Å²) in [5, 5.41) is 10.1. The first-order chi connectivity index (χ1) is 13.6. The Kier molecular flexibility index (Phi) is 6.22. The van der Waals surface area contributed by atoms with Gasteiger partial charge in [-0.1, -0.05) is 18.2 Å². The molecule has 6 heteroatoms. The van der Waals surface area contributed by atoms with Crippen molar-refractivity contribution in [3.05, 3.63) is 77.7 Å². The second-order valence-electron chi connectivity index (χ2n) is 6.17. The van der Waals surface area contributed by atoms with Gasteiger partial charge in [-0.25, -0.2) is 0 Å². The number of rotatable bonds is 8. The zero-order valence-electron chi connectivity index (χ0n) is 15.9. The third-order valence-corrected chi connectivity index (χ3v) is 4.28. The van der Waals surface area contributed by atoms with Gasteiger partial charge in [0.15, 0.2) is 11.5 Å². The summed E-state index contributed by atoms with van der Waals surface area (Å²) in [5.41, 5.74) is 1.12. The molecule has 1 heterocycles. The minimum Gasteiger partial charge on any atom is -0.508 e. The number of aromatic hydroxyl groups is 1. The first kappa shape index (κ1) is 19.4. The van der Waals surface area contributed by atoms with Gasteiger partial charge in [-0.15, -0.1) is 0 Å². The van der Waals surface area contributed by atoms with E-state index in [1.807, 2.05) is 19.1 Å². The van der Waals surface area contributed by atoms with E-state index < -0.39 is 0 Å². The number of amides is 1. The van der Waals surface area contributed by atoms with Crippen LogP contribution >= 0.6 is 0 Å². The van der Waals surface area contributed by atoms with Gasteiger partial charge in [-0.2, -0.15) is 0 Å². The fraction of sp³-hybridized carbons (Fsp3) is 0.227. The number of nitrogens with zero attached hydrogens (tertiary/aromatic N) is 1. The van der Waals surface area contributed by atoms with Crippen LogP contribution in [0.4, 0.5) is 0 Å². The van der Waals surface area contributed by atoms with Crippen LogP contribution in [0.15, 0.2) is 65.3 Å². The lowest BCUT2D eigenvalue weighted by Crippen LogP contribution is -2.30. The van der Waals surface area contributed by atoms with E-state index in [1.54, 1.807) is 60.7 Å². The first-order valence-corrected chi connectivity index (χ1v) is 9.01. The van der Waals surface area contributed by atoms with Crippen molar-refractivity contribution in [2.45, 2.75) is 20.0 Å². The van der Waals surface area contributed by atoms with Crippen LogP contribution in [0.2, 0.25) is 0 Å². The number of carbonyl (C=O) groups is 1. The predicted molar refractivity (Wildman–Crippen MR) is 105 cm³/mol. The van der Waals surface area contributed by atoms with E-state index in [-0.39, 0.29) is 24.7 Å². The minimum absolute atomic E-state index is 0.143. The third kappa shape index (κ3) is 4.46. The van der Waals surface area contributed by atoms with Crippen LogP contribution in [0.5, 0.6) is 17.2 Å². The minimum atomic E-state index is -0.205. The van der Waals surface area contributed by atoms with Crippen LogP contribution in [0.1, 0.15) is 28.6 Å². The van der Waals surface area contributed by atoms with Gasteiger partial charge >= 0.3 is 0 Å². The van der Waals surface area contributed by atoms with Gasteiger partial charge in [-0.05, 0) is 43.3 Å². The lowest BCUT2D eigenvalue weighted by Gasteiger charge is -2.23. The van der Waals surface area contributed by atoms with Crippen LogP contribution in [0.25, 0.3) is 0 Å². The Hall–Kier alpha value is -3.41. The van der Waals surface area contributed by atoms with Crippen molar-refractivity contribution in [3.63, 3.8) is 0 Å². The number of hydrogen-bond acceptors (Lipinski definition) is 5. The number of carbonyl (C=O) groups excluding carboxylic acids is 1. The molecule has 3 aromatic rings. The van der Waals surface area contributed by atoms with Crippen LogP contribution in [0, 0.1) is 0 Å². The molecule has 0 unspecified atom stereocenters. The normalized spacial score (nSPS) is 10.5. The lowest BCUT2D eigenvalue weighted by molar-refractivity contribution is 0.0716. The molecule has 0 aliphatic carbocycles. The highest BCUT2D eigenvalue weighted by Crippen LogP contribution is 2.29. The second kappa shape index (κ2) is 8.99. The molecule has 0 saturated heterocycles. The molecule has 2 aromatic carbocycles. The van der Waals surface area contributed by atoms with Gasteiger partial charge in [0.1, 0.15) is 11.5 Å². The van der Waals surface area contributed by atoms with Crippen molar-refractivity contribution < 1.29 is 23.8 Å². The van der Waals surface area contributed by atoms with Crippen molar-refractivity contribution in [3.8, 4) is 17.2 Å². The topological polar surface area (TPSA) is 72.1 Å². The van der Waals surface area contributed by atoms with E-state index in [9.17, 15) is 9.90 Å². The second-order valence-corrected chi connectivity index (χ2v) is 6.17. The highest BCUT2D eigenvalue weighted by molar-refractivity contribution is 5.95. The van der Waals surface area contributed by atoms with E-state index in [2.05, 4.69) is 0 Å². The van der Waals surface area contributed by atoms with Crippen molar-refractivity contribution in [2.75, 3.05) is 13.7 Å². The zero-order valence-corrected chi connectivity index (χ0v) is 15.9. The average Bonchev–Trinajstić information content (AvgIpc) is 3.22. The molecule has 0 aliphatic heterocycles. The number of phenols is 1. The van der Waals surface area contributed by atoms with Gasteiger partial charge < -0.3 is 23.9 Å². The summed E-state index contributed by atoms with van der Waals surface area (Å²) in [7, 11) is 1.56. The Morgan fingerprint density at radius 1 is 1.07 bits per heavy atom. The van der Waals surface area contributed by atoms with Gasteiger partial charge in [-0.3, -0.25) is 4.79 Å². The summed E-state index contributed by atoms with van der Waals surface area (Å²) in [6.45, 7) is 2.84. The predicted octanol–water partition coefficient (Wildman–Crippen LogP) is 4.24. The third-order valence-electron chi connectivity index (χ3n) is 4.28. The fourth-order valence-electron chi connectivity index (χ4n) is 2.90. The number of hydrogen-bond donors (Lipinski definition) is 1. The summed E-state index contributed by atoms with van der Waals surface area (Å²) in [6.07, 6.45) is 1.57. The molecule has 0 bridgehead atoms. The quantitative estimate of drug-likeness (QED) is 0.632. The molecular formula is C22H23NO5. The van der Waals surface area contributed by atoms with E-state index in [1.165, 1.54) is 0 Å². The number of methoxy groups -OCH3 is 1. The Bertz CT molecular complexity index is 920. The Balaban J connectivity index is 1.91. The Morgan fingerprint density at radius 3 is 2.57 bits per heavy atom. The molecule has 0 atom stereocenters. The maximum atomic E-state index is 13.2. The zero-order chi connectivity index (χ0) is 19.9. The number of ether oxygens (including phenoxy) is 2. The molecule has 146 valence electrons. The number of phenolic OH excluding ortho intramolecular Hbond substituents is 1. The molecule has 0 spiro atoms. The van der Waals surface area contributed by atoms with E-state index >= 15 is 0 Å². The molecule has 0 aliphatic rings. The smallest absolute Gasteiger partial charge is 0.254 e. The summed E-state index contributed by atoms with van der Waals surface area (Å²) in [4.78, 5) is 14.9. The molecule has 1 amide bonds. The monoisotopic (exact) mass is 381 g/mol. The standard InChI is InChI=1S/C22H23NO5/c1-3-27-21-13-16(10-11-20(21)26-2)22(25)23(15-18-8-6-12-28-18)14-17-7-4-5-9-19(17)24/h4-13,24H,3,14-15H2,1-2H3. The highest BCUT2D eigenvalue weighted by Gasteiger charge is 2.20. The van der Waals surface area contributed by atoms with Crippen LogP contribution < -0.4 is 9.47 Å². The number of para-hydroxylation sites is 1. The molecule has 6 nitrogen and oxygen atoms in total. The fourth-order valence-corrected chi connectivity index (χ4v) is 2.90. The maximum Gasteiger partial charge on any atom is 0.254 e. The van der Waals surface area contributed by atoms with Crippen LogP contribution in [-0.4, -0.2) is 29.6 Å². The first-order valence-electron chi connectivity index (χ1n) is 9.01. The molecule has 0 radical (unpaired) electrons. The molecule has 0 fully saturated rings. The van der Waals surface area contributed by atoms with E-state index in [4.69, 9.17) is 13.9 Å². The van der Waals surface area contributed by atoms with Gasteiger partial charge in [0.05, 0.1) is 33.1 Å². The summed E-state index contributed by atoms with van der Waals surface area (Å²) >= 11 is 0. The van der Waals surface area contributed by atoms with Gasteiger partial charge in [0.2, 0.25) is 0 Å². The molecule has 3 rings (SSSR count). The molecule has 1 aromatic heterocycles. The van der Waals surface area contributed by atoms with Crippen molar-refractivity contribution in [1.29, 1.82) is 0 Å². The Morgan fingerprint density at radius 2 is 1.89 bits per heavy atom. The molecule has 0 saturated carbocycles. The van der Waals surface area contributed by atoms with Crippen molar-refractivity contribution in [1.82, 2.24) is 4.90 Å². The summed E-state index contributed by atoms with van der Waals surface area (Å²) in [6, 6.07) is 15.6. The summed E-state index contributed by atoms with van der Waals surface area (Å²) in [5.74, 6) is 1.67. The lowest BCUT2D eigenvalue weighted by atomic mass is 10.1. The molecule has 1 N–H and O–H groups in total. The number of furan rings is 1. The SMILES string of the molecule is CCOc1cc(C(=O)N(Cc2ccco2)Cc2ccccc2O)ccc1OC. The van der Waals surface area contributed by atoms with E-state index in [0.717, 1.165) is 0 Å². The van der Waals surface area contributed by atoms with Crippen molar-refractivity contribution in [2.24, 2.45) is 0 Å². The van der Waals surface area contributed by atoms with E-state index in [0.29, 0.717) is 35.0 Å². The summed E-state index contributed by atoms with van der Waals surface area (Å²) < 4.78 is 16.3. The Labute approximate surface area is 163 Å². The molecular weight excluding hydrogens is 358 g/mol. The highest BCUT2D eigenvalue weighted by atomic mass is 16.5. The van der Waals surface area contributed by atoms with Crippen molar-refractivity contribution >= 4 is 5.91 Å². The van der Waals surface area contributed by atoms with Crippen LogP contribution in [-0.2, 0) is 13.1 Å². The maximum absolute atomic E-state index is 13.2. The van der Waals surface area contributed by atoms with Gasteiger partial charge in [0, 0.05) is 11.1 Å². The largest absolute Gasteiger partial charge is 0.508 e. The average molecular weight is 381 g/mol. The van der Waals surface area contributed by atoms with Crippen LogP contribution in [0.3, 0.4) is 0 Å².